The van der Waals surface area contributed by atoms with Gasteiger partial charge in [-0.3, -0.25) is 4.79 Å². The number of hydrogen-bond acceptors (Lipinski definition) is 5. The van der Waals surface area contributed by atoms with Crippen molar-refractivity contribution in [3.8, 4) is 22.1 Å². The fraction of sp³-hybridized carbons (Fsp3) is 0.444. The van der Waals surface area contributed by atoms with Gasteiger partial charge >= 0.3 is 0 Å². The van der Waals surface area contributed by atoms with E-state index in [1.807, 2.05) is 23.6 Å². The molecule has 4 rings (SSSR count). The Morgan fingerprint density at radius 3 is 2.88 bits per heavy atom. The first-order chi connectivity index (χ1) is 11.7. The van der Waals surface area contributed by atoms with Gasteiger partial charge in [-0.1, -0.05) is 13.3 Å². The summed E-state index contributed by atoms with van der Waals surface area (Å²) in [5.74, 6) is 1.97. The van der Waals surface area contributed by atoms with Crippen LogP contribution in [0, 0.1) is 5.92 Å². The zero-order valence-corrected chi connectivity index (χ0v) is 14.4. The van der Waals surface area contributed by atoms with E-state index in [1.165, 1.54) is 24.2 Å². The molecule has 126 valence electrons. The fourth-order valence-electron chi connectivity index (χ4n) is 3.29. The van der Waals surface area contributed by atoms with E-state index in [1.54, 1.807) is 0 Å². The van der Waals surface area contributed by atoms with Gasteiger partial charge in [0.05, 0.1) is 0 Å². The van der Waals surface area contributed by atoms with Gasteiger partial charge in [0, 0.05) is 17.0 Å². The molecule has 2 aliphatic rings. The molecule has 0 saturated heterocycles. The second-order valence-electron chi connectivity index (χ2n) is 6.38. The summed E-state index contributed by atoms with van der Waals surface area (Å²) in [5, 5.41) is 5.76. The van der Waals surface area contributed by atoms with Crippen molar-refractivity contribution in [2.75, 3.05) is 13.2 Å². The standard InChI is InChI=1S/C18H20N2O3S/c1-11-3-2-4-13(11)19-17(21)14-10-24-18(20-14)12-5-6-15-16(9-12)23-8-7-22-15/h5-6,9-11,13H,2-4,7-8H2,1H3,(H,19,21). The number of fused-ring (bicyclic) bond motifs is 1. The molecule has 1 saturated carbocycles. The number of carbonyl (C=O) groups excluding carboxylic acids is 1. The molecule has 0 bridgehead atoms. The summed E-state index contributed by atoms with van der Waals surface area (Å²) < 4.78 is 11.1. The van der Waals surface area contributed by atoms with Crippen molar-refractivity contribution < 1.29 is 14.3 Å². The summed E-state index contributed by atoms with van der Waals surface area (Å²) in [5.41, 5.74) is 1.43. The van der Waals surface area contributed by atoms with Crippen molar-refractivity contribution in [1.29, 1.82) is 0 Å². The zero-order valence-electron chi connectivity index (χ0n) is 13.6. The third-order valence-electron chi connectivity index (χ3n) is 4.70. The van der Waals surface area contributed by atoms with Crippen LogP contribution < -0.4 is 14.8 Å². The first-order valence-corrected chi connectivity index (χ1v) is 9.25. The van der Waals surface area contributed by atoms with E-state index in [-0.39, 0.29) is 11.9 Å². The molecule has 6 heteroatoms. The molecule has 1 aliphatic heterocycles. The first kappa shape index (κ1) is 15.4. The molecule has 1 aromatic carbocycles. The Morgan fingerprint density at radius 1 is 1.25 bits per heavy atom. The molecule has 1 aromatic heterocycles. The number of ether oxygens (including phenoxy) is 2. The maximum Gasteiger partial charge on any atom is 0.271 e. The molecular formula is C18H20N2O3S. The average molecular weight is 344 g/mol. The molecule has 24 heavy (non-hydrogen) atoms. The second-order valence-corrected chi connectivity index (χ2v) is 7.24. The van der Waals surface area contributed by atoms with Crippen molar-refractivity contribution >= 4 is 17.2 Å². The number of carbonyl (C=O) groups is 1. The molecule has 1 aliphatic carbocycles. The van der Waals surface area contributed by atoms with Gasteiger partial charge < -0.3 is 14.8 Å². The van der Waals surface area contributed by atoms with Crippen LogP contribution in [0.1, 0.15) is 36.7 Å². The summed E-state index contributed by atoms with van der Waals surface area (Å²) in [6.45, 7) is 3.33. The molecular weight excluding hydrogens is 324 g/mol. The predicted molar refractivity (Wildman–Crippen MR) is 92.8 cm³/mol. The fourth-order valence-corrected chi connectivity index (χ4v) is 4.09. The highest BCUT2D eigenvalue weighted by atomic mass is 32.1. The van der Waals surface area contributed by atoms with E-state index < -0.39 is 0 Å². The Labute approximate surface area is 145 Å². The van der Waals surface area contributed by atoms with Gasteiger partial charge in [0.25, 0.3) is 5.91 Å². The summed E-state index contributed by atoms with van der Waals surface area (Å²) in [7, 11) is 0. The smallest absolute Gasteiger partial charge is 0.271 e. The van der Waals surface area contributed by atoms with Gasteiger partial charge in [0.1, 0.15) is 23.9 Å². The topological polar surface area (TPSA) is 60.5 Å². The van der Waals surface area contributed by atoms with Crippen LogP contribution >= 0.6 is 11.3 Å². The lowest BCUT2D eigenvalue weighted by atomic mass is 10.1. The van der Waals surface area contributed by atoms with Gasteiger partial charge in [0.2, 0.25) is 0 Å². The summed E-state index contributed by atoms with van der Waals surface area (Å²) in [4.78, 5) is 16.9. The average Bonchev–Trinajstić information content (AvgIpc) is 3.24. The van der Waals surface area contributed by atoms with E-state index >= 15 is 0 Å². The highest BCUT2D eigenvalue weighted by molar-refractivity contribution is 7.13. The van der Waals surface area contributed by atoms with Crippen LogP contribution in [0.3, 0.4) is 0 Å². The zero-order chi connectivity index (χ0) is 16.5. The molecule has 2 unspecified atom stereocenters. The number of benzene rings is 1. The van der Waals surface area contributed by atoms with Gasteiger partial charge in [-0.25, -0.2) is 4.98 Å². The van der Waals surface area contributed by atoms with Crippen molar-refractivity contribution in [3.63, 3.8) is 0 Å². The van der Waals surface area contributed by atoms with Crippen molar-refractivity contribution in [2.24, 2.45) is 5.92 Å². The summed E-state index contributed by atoms with van der Waals surface area (Å²) in [6.07, 6.45) is 3.43. The van der Waals surface area contributed by atoms with Crippen LogP contribution in [0.2, 0.25) is 0 Å². The van der Waals surface area contributed by atoms with E-state index in [0.717, 1.165) is 28.5 Å². The minimum absolute atomic E-state index is 0.0752. The lowest BCUT2D eigenvalue weighted by Crippen LogP contribution is -2.36. The van der Waals surface area contributed by atoms with Gasteiger partial charge in [-0.2, -0.15) is 0 Å². The van der Waals surface area contributed by atoms with Crippen molar-refractivity contribution in [2.45, 2.75) is 32.2 Å². The molecule has 1 fully saturated rings. The minimum atomic E-state index is -0.0752. The molecule has 0 spiro atoms. The van der Waals surface area contributed by atoms with Crippen LogP contribution in [-0.2, 0) is 0 Å². The lowest BCUT2D eigenvalue weighted by molar-refractivity contribution is 0.0925. The minimum Gasteiger partial charge on any atom is -0.486 e. The van der Waals surface area contributed by atoms with Gasteiger partial charge in [-0.05, 0) is 37.0 Å². The highest BCUT2D eigenvalue weighted by Crippen LogP contribution is 2.35. The Morgan fingerprint density at radius 2 is 2.08 bits per heavy atom. The maximum absolute atomic E-state index is 12.4. The molecule has 1 amide bonds. The van der Waals surface area contributed by atoms with E-state index in [4.69, 9.17) is 9.47 Å². The van der Waals surface area contributed by atoms with Crippen molar-refractivity contribution in [3.05, 3.63) is 29.3 Å². The number of amides is 1. The number of aromatic nitrogens is 1. The number of nitrogens with one attached hydrogen (secondary N) is 1. The number of rotatable bonds is 3. The van der Waals surface area contributed by atoms with Crippen molar-refractivity contribution in [1.82, 2.24) is 10.3 Å². The van der Waals surface area contributed by atoms with Gasteiger partial charge in [0.15, 0.2) is 11.5 Å². The quantitative estimate of drug-likeness (QED) is 0.926. The third kappa shape index (κ3) is 2.98. The molecule has 2 aromatic rings. The predicted octanol–water partition coefficient (Wildman–Crippen LogP) is 3.50. The maximum atomic E-state index is 12.4. The molecule has 1 N–H and O–H groups in total. The number of nitrogens with zero attached hydrogens (tertiary/aromatic N) is 1. The Balaban J connectivity index is 1.51. The van der Waals surface area contributed by atoms with Crippen LogP contribution in [0.25, 0.3) is 10.6 Å². The van der Waals surface area contributed by atoms with E-state index in [2.05, 4.69) is 17.2 Å². The first-order valence-electron chi connectivity index (χ1n) is 8.37. The molecule has 5 nitrogen and oxygen atoms in total. The van der Waals surface area contributed by atoms with E-state index in [0.29, 0.717) is 24.8 Å². The van der Waals surface area contributed by atoms with E-state index in [9.17, 15) is 4.79 Å². The molecule has 2 heterocycles. The number of hydrogen-bond donors (Lipinski definition) is 1. The highest BCUT2D eigenvalue weighted by Gasteiger charge is 2.26. The molecule has 0 radical (unpaired) electrons. The summed E-state index contributed by atoms with van der Waals surface area (Å²) >= 11 is 1.47. The third-order valence-corrected chi connectivity index (χ3v) is 5.60. The Kier molecular flexibility index (Phi) is 4.14. The normalized spacial score (nSPS) is 22.4. The van der Waals surface area contributed by atoms with Crippen LogP contribution in [0.5, 0.6) is 11.5 Å². The Hall–Kier alpha value is -2.08. The molecule has 2 atom stereocenters. The van der Waals surface area contributed by atoms with Crippen LogP contribution in [-0.4, -0.2) is 30.1 Å². The summed E-state index contributed by atoms with van der Waals surface area (Å²) in [6, 6.07) is 6.05. The van der Waals surface area contributed by atoms with Crippen LogP contribution in [0.4, 0.5) is 0 Å². The lowest BCUT2D eigenvalue weighted by Gasteiger charge is -2.18. The monoisotopic (exact) mass is 344 g/mol. The van der Waals surface area contributed by atoms with Gasteiger partial charge in [-0.15, -0.1) is 11.3 Å². The van der Waals surface area contributed by atoms with Crippen LogP contribution in [0.15, 0.2) is 23.6 Å². The Bertz CT molecular complexity index is 758. The largest absolute Gasteiger partial charge is 0.486 e. The second kappa shape index (κ2) is 6.43. The number of thiazole rings is 1. The SMILES string of the molecule is CC1CCCC1NC(=O)c1csc(-c2ccc3c(c2)OCCO3)n1.